The molecule has 0 aliphatic rings. The normalized spacial score (nSPS) is 12.0. The number of aromatic nitrogens is 4. The highest BCUT2D eigenvalue weighted by Crippen LogP contribution is 2.18. The van der Waals surface area contributed by atoms with Crippen molar-refractivity contribution < 1.29 is 9.47 Å². The van der Waals surface area contributed by atoms with Crippen LogP contribution in [0.3, 0.4) is 0 Å². The molecular weight excluding hydrogens is 280 g/mol. The highest BCUT2D eigenvalue weighted by molar-refractivity contribution is 5.52. The van der Waals surface area contributed by atoms with Gasteiger partial charge in [-0.2, -0.15) is 0 Å². The van der Waals surface area contributed by atoms with E-state index in [-0.39, 0.29) is 0 Å². The van der Waals surface area contributed by atoms with E-state index >= 15 is 0 Å². The van der Waals surface area contributed by atoms with E-state index in [0.717, 1.165) is 11.3 Å². The molecule has 1 atom stereocenters. The number of hydrogen-bond donors (Lipinski definition) is 0. The minimum absolute atomic E-state index is 0.319. The van der Waals surface area contributed by atoms with Crippen LogP contribution >= 0.6 is 0 Å². The van der Waals surface area contributed by atoms with Crippen molar-refractivity contribution in [1.82, 2.24) is 20.2 Å². The van der Waals surface area contributed by atoms with Crippen LogP contribution in [0.15, 0.2) is 60.7 Å². The van der Waals surface area contributed by atoms with Crippen LogP contribution in [0.25, 0.3) is 11.4 Å². The van der Waals surface area contributed by atoms with Crippen molar-refractivity contribution in [1.29, 1.82) is 0 Å². The molecule has 0 spiro atoms. The van der Waals surface area contributed by atoms with Gasteiger partial charge in [-0.1, -0.05) is 48.5 Å². The van der Waals surface area contributed by atoms with E-state index in [9.17, 15) is 0 Å². The monoisotopic (exact) mass is 296 g/mol. The summed E-state index contributed by atoms with van der Waals surface area (Å²) in [6.45, 7) is 0.319. The van der Waals surface area contributed by atoms with Gasteiger partial charge < -0.3 is 9.47 Å². The molecule has 0 saturated heterocycles. The van der Waals surface area contributed by atoms with E-state index in [1.807, 2.05) is 60.7 Å². The van der Waals surface area contributed by atoms with Crippen LogP contribution in [0.1, 0.15) is 6.23 Å². The average molecular weight is 296 g/mol. The number of nitrogens with zero attached hydrogens (tertiary/aromatic N) is 4. The number of methoxy groups -OCH3 is 1. The summed E-state index contributed by atoms with van der Waals surface area (Å²) in [6, 6.07) is 19.2. The molecule has 1 aromatic heterocycles. The highest BCUT2D eigenvalue weighted by atomic mass is 16.5. The summed E-state index contributed by atoms with van der Waals surface area (Å²) in [6.07, 6.45) is -0.475. The zero-order chi connectivity index (χ0) is 15.2. The number of hydrogen-bond acceptors (Lipinski definition) is 5. The quantitative estimate of drug-likeness (QED) is 0.699. The van der Waals surface area contributed by atoms with Crippen molar-refractivity contribution in [3.63, 3.8) is 0 Å². The topological polar surface area (TPSA) is 62.1 Å². The van der Waals surface area contributed by atoms with Gasteiger partial charge in [-0.25, -0.2) is 0 Å². The van der Waals surface area contributed by atoms with Gasteiger partial charge in [0.25, 0.3) is 0 Å². The van der Waals surface area contributed by atoms with E-state index in [4.69, 9.17) is 9.47 Å². The maximum Gasteiger partial charge on any atom is 0.234 e. The molecule has 2 aromatic carbocycles. The molecule has 0 N–H and O–H groups in total. The van der Waals surface area contributed by atoms with Gasteiger partial charge >= 0.3 is 0 Å². The molecular formula is C16H16N4O2. The van der Waals surface area contributed by atoms with Crippen molar-refractivity contribution in [2.24, 2.45) is 0 Å². The first-order chi connectivity index (χ1) is 10.9. The summed E-state index contributed by atoms with van der Waals surface area (Å²) < 4.78 is 11.1. The number of ether oxygens (including phenoxy) is 2. The summed E-state index contributed by atoms with van der Waals surface area (Å²) in [5, 5.41) is 12.5. The first kappa shape index (κ1) is 14.2. The Morgan fingerprint density at radius 1 is 1.00 bits per heavy atom. The molecule has 0 bridgehead atoms. The lowest BCUT2D eigenvalue weighted by molar-refractivity contribution is 0.0170. The van der Waals surface area contributed by atoms with Crippen molar-refractivity contribution >= 4 is 0 Å². The zero-order valence-corrected chi connectivity index (χ0v) is 12.2. The van der Waals surface area contributed by atoms with Gasteiger partial charge in [0, 0.05) is 12.7 Å². The fourth-order valence-corrected chi connectivity index (χ4v) is 2.00. The highest BCUT2D eigenvalue weighted by Gasteiger charge is 2.17. The Hall–Kier alpha value is -2.73. The zero-order valence-electron chi connectivity index (χ0n) is 12.2. The SMILES string of the molecule is COCC(Oc1ccccc1)n1nnc(-c2ccccc2)n1. The summed E-state index contributed by atoms with van der Waals surface area (Å²) in [7, 11) is 1.61. The third kappa shape index (κ3) is 3.29. The van der Waals surface area contributed by atoms with Gasteiger partial charge in [-0.3, -0.25) is 0 Å². The van der Waals surface area contributed by atoms with Gasteiger partial charge in [-0.05, 0) is 17.3 Å². The molecule has 6 heteroatoms. The van der Waals surface area contributed by atoms with Gasteiger partial charge in [0.15, 0.2) is 0 Å². The fraction of sp³-hybridized carbons (Fsp3) is 0.188. The summed E-state index contributed by atoms with van der Waals surface area (Å²) in [4.78, 5) is 1.43. The van der Waals surface area contributed by atoms with Crippen LogP contribution in [0.5, 0.6) is 5.75 Å². The van der Waals surface area contributed by atoms with Crippen LogP contribution in [-0.4, -0.2) is 33.9 Å². The molecule has 3 aromatic rings. The smallest absolute Gasteiger partial charge is 0.234 e. The van der Waals surface area contributed by atoms with Crippen LogP contribution in [0, 0.1) is 0 Å². The van der Waals surface area contributed by atoms with Gasteiger partial charge in [0.1, 0.15) is 12.4 Å². The molecule has 1 heterocycles. The van der Waals surface area contributed by atoms with Crippen molar-refractivity contribution in [3.05, 3.63) is 60.7 Å². The maximum atomic E-state index is 5.86. The average Bonchev–Trinajstić information content (AvgIpc) is 3.06. The van der Waals surface area contributed by atoms with Crippen LogP contribution in [0.2, 0.25) is 0 Å². The molecule has 0 fully saturated rings. The van der Waals surface area contributed by atoms with E-state index in [2.05, 4.69) is 15.4 Å². The fourth-order valence-electron chi connectivity index (χ4n) is 2.00. The molecule has 0 radical (unpaired) electrons. The molecule has 6 nitrogen and oxygen atoms in total. The molecule has 22 heavy (non-hydrogen) atoms. The number of rotatable bonds is 6. The predicted octanol–water partition coefficient (Wildman–Crippen LogP) is 2.56. The Morgan fingerprint density at radius 3 is 2.36 bits per heavy atom. The Labute approximate surface area is 128 Å². The van der Waals surface area contributed by atoms with Crippen molar-refractivity contribution in [3.8, 4) is 17.1 Å². The Kier molecular flexibility index (Phi) is 4.41. The second-order valence-corrected chi connectivity index (χ2v) is 4.64. The molecule has 0 saturated carbocycles. The van der Waals surface area contributed by atoms with E-state index in [1.165, 1.54) is 4.80 Å². The largest absolute Gasteiger partial charge is 0.464 e. The first-order valence-corrected chi connectivity index (χ1v) is 6.92. The lowest BCUT2D eigenvalue weighted by atomic mass is 10.2. The molecule has 1 unspecified atom stereocenters. The van der Waals surface area contributed by atoms with Crippen LogP contribution in [-0.2, 0) is 4.74 Å². The third-order valence-electron chi connectivity index (χ3n) is 3.04. The lowest BCUT2D eigenvalue weighted by Crippen LogP contribution is -2.23. The van der Waals surface area contributed by atoms with E-state index in [1.54, 1.807) is 7.11 Å². The summed E-state index contributed by atoms with van der Waals surface area (Å²) in [5.74, 6) is 1.28. The maximum absolute atomic E-state index is 5.86. The number of para-hydroxylation sites is 1. The van der Waals surface area contributed by atoms with Crippen LogP contribution in [0.4, 0.5) is 0 Å². The lowest BCUT2D eigenvalue weighted by Gasteiger charge is -2.16. The molecule has 0 amide bonds. The minimum Gasteiger partial charge on any atom is -0.464 e. The number of benzene rings is 2. The number of tetrazole rings is 1. The van der Waals surface area contributed by atoms with E-state index < -0.39 is 6.23 Å². The summed E-state index contributed by atoms with van der Waals surface area (Å²) in [5.41, 5.74) is 0.907. The molecule has 112 valence electrons. The predicted molar refractivity (Wildman–Crippen MR) is 81.2 cm³/mol. The van der Waals surface area contributed by atoms with Crippen LogP contribution < -0.4 is 4.74 Å². The van der Waals surface area contributed by atoms with Gasteiger partial charge in [0.2, 0.25) is 12.1 Å². The second-order valence-electron chi connectivity index (χ2n) is 4.64. The summed E-state index contributed by atoms with van der Waals surface area (Å²) >= 11 is 0. The third-order valence-corrected chi connectivity index (χ3v) is 3.04. The van der Waals surface area contributed by atoms with E-state index in [0.29, 0.717) is 12.4 Å². The minimum atomic E-state index is -0.475. The van der Waals surface area contributed by atoms with Crippen molar-refractivity contribution in [2.45, 2.75) is 6.23 Å². The van der Waals surface area contributed by atoms with Gasteiger partial charge in [0.05, 0.1) is 0 Å². The second kappa shape index (κ2) is 6.82. The molecule has 0 aliphatic carbocycles. The first-order valence-electron chi connectivity index (χ1n) is 6.92. The molecule has 3 rings (SSSR count). The standard InChI is InChI=1S/C16H16N4O2/c1-21-12-15(22-14-10-6-3-7-11-14)20-18-16(17-19-20)13-8-4-2-5-9-13/h2-11,15H,12H2,1H3. The Morgan fingerprint density at radius 2 is 1.68 bits per heavy atom. The van der Waals surface area contributed by atoms with Gasteiger partial charge in [-0.15, -0.1) is 15.0 Å². The molecule has 0 aliphatic heterocycles. The Balaban J connectivity index is 1.82. The van der Waals surface area contributed by atoms with Crippen molar-refractivity contribution in [2.75, 3.05) is 13.7 Å². The Bertz CT molecular complexity index is 700.